The molecule has 0 spiro atoms. The molecular formula is C23H19ClN2O3S. The van der Waals surface area contributed by atoms with E-state index in [-0.39, 0.29) is 11.6 Å². The van der Waals surface area contributed by atoms with Crippen molar-refractivity contribution < 1.29 is 14.3 Å². The van der Waals surface area contributed by atoms with Gasteiger partial charge in [-0.3, -0.25) is 9.59 Å². The summed E-state index contributed by atoms with van der Waals surface area (Å²) in [6, 6.07) is 16.0. The second kappa shape index (κ2) is 8.34. The van der Waals surface area contributed by atoms with Gasteiger partial charge >= 0.3 is 0 Å². The number of nitrogens with zero attached hydrogens (tertiary/aromatic N) is 1. The predicted molar refractivity (Wildman–Crippen MR) is 121 cm³/mol. The summed E-state index contributed by atoms with van der Waals surface area (Å²) in [5.41, 5.74) is 2.64. The number of imide groups is 1. The monoisotopic (exact) mass is 438 g/mol. The summed E-state index contributed by atoms with van der Waals surface area (Å²) in [4.78, 5) is 28.5. The van der Waals surface area contributed by atoms with Crippen LogP contribution in [0.2, 0.25) is 5.02 Å². The molecule has 2 aromatic carbocycles. The van der Waals surface area contributed by atoms with Gasteiger partial charge < -0.3 is 10.1 Å². The van der Waals surface area contributed by atoms with E-state index in [1.165, 1.54) is 16.2 Å². The smallest absolute Gasteiger partial charge is 0.282 e. The van der Waals surface area contributed by atoms with Gasteiger partial charge in [0.15, 0.2) is 0 Å². The van der Waals surface area contributed by atoms with Crippen LogP contribution in [0.25, 0.3) is 5.57 Å². The number of hydrogen-bond acceptors (Lipinski definition) is 5. The molecule has 0 atom stereocenters. The number of thiophene rings is 1. The topological polar surface area (TPSA) is 58.6 Å². The van der Waals surface area contributed by atoms with Gasteiger partial charge in [-0.2, -0.15) is 0 Å². The zero-order valence-corrected chi connectivity index (χ0v) is 18.0. The number of hydrogen-bond donors (Lipinski definition) is 1. The molecule has 0 bridgehead atoms. The molecule has 1 aliphatic rings. The fourth-order valence-corrected chi connectivity index (χ4v) is 4.15. The van der Waals surface area contributed by atoms with E-state index >= 15 is 0 Å². The zero-order valence-electron chi connectivity index (χ0n) is 16.4. The van der Waals surface area contributed by atoms with Crippen LogP contribution < -0.4 is 15.0 Å². The molecule has 2 heterocycles. The van der Waals surface area contributed by atoms with Crippen molar-refractivity contribution in [3.05, 3.63) is 81.1 Å². The van der Waals surface area contributed by atoms with E-state index in [1.54, 1.807) is 30.3 Å². The van der Waals surface area contributed by atoms with Crippen molar-refractivity contribution in [1.82, 2.24) is 0 Å². The Morgan fingerprint density at radius 2 is 1.83 bits per heavy atom. The van der Waals surface area contributed by atoms with Crippen LogP contribution in [0.3, 0.4) is 0 Å². The van der Waals surface area contributed by atoms with E-state index in [1.807, 2.05) is 43.5 Å². The van der Waals surface area contributed by atoms with E-state index in [0.717, 1.165) is 10.4 Å². The second-order valence-corrected chi connectivity index (χ2v) is 8.04. The highest BCUT2D eigenvalue weighted by molar-refractivity contribution is 7.11. The van der Waals surface area contributed by atoms with Gasteiger partial charge in [0.25, 0.3) is 11.8 Å². The van der Waals surface area contributed by atoms with Crippen molar-refractivity contribution in [3.63, 3.8) is 0 Å². The average Bonchev–Trinajstić information content (AvgIpc) is 3.33. The summed E-state index contributed by atoms with van der Waals surface area (Å²) >= 11 is 7.65. The number of anilines is 2. The molecule has 4 rings (SSSR count). The molecule has 0 saturated heterocycles. The van der Waals surface area contributed by atoms with E-state index in [4.69, 9.17) is 16.3 Å². The molecule has 3 aromatic rings. The van der Waals surface area contributed by atoms with Gasteiger partial charge in [-0.05, 0) is 67.3 Å². The Labute approximate surface area is 183 Å². The number of rotatable bonds is 6. The van der Waals surface area contributed by atoms with E-state index in [0.29, 0.717) is 34.3 Å². The van der Waals surface area contributed by atoms with Crippen LogP contribution in [0, 0.1) is 6.92 Å². The molecule has 30 heavy (non-hydrogen) atoms. The summed E-state index contributed by atoms with van der Waals surface area (Å²) in [6.07, 6.45) is 0. The number of halogens is 1. The highest BCUT2D eigenvalue weighted by atomic mass is 35.5. The predicted octanol–water partition coefficient (Wildman–Crippen LogP) is 5.51. The van der Waals surface area contributed by atoms with Crippen molar-refractivity contribution in [3.8, 4) is 5.75 Å². The van der Waals surface area contributed by atoms with Gasteiger partial charge in [0.05, 0.1) is 17.9 Å². The molecule has 0 aliphatic carbocycles. The summed E-state index contributed by atoms with van der Waals surface area (Å²) < 4.78 is 5.46. The first kappa shape index (κ1) is 20.2. The van der Waals surface area contributed by atoms with Crippen LogP contribution in [0.15, 0.2) is 65.7 Å². The molecule has 5 nitrogen and oxygen atoms in total. The Morgan fingerprint density at radius 1 is 1.07 bits per heavy atom. The molecule has 0 saturated carbocycles. The van der Waals surface area contributed by atoms with Crippen LogP contribution in [0.1, 0.15) is 17.4 Å². The molecule has 0 unspecified atom stereocenters. The minimum atomic E-state index is -0.413. The third-order valence-corrected chi connectivity index (χ3v) is 5.99. The lowest BCUT2D eigenvalue weighted by Crippen LogP contribution is -2.32. The number of nitrogens with one attached hydrogen (secondary N) is 1. The first-order chi connectivity index (χ1) is 14.5. The number of amides is 2. The zero-order chi connectivity index (χ0) is 21.3. The van der Waals surface area contributed by atoms with Crippen LogP contribution in [0.5, 0.6) is 5.75 Å². The number of carbonyl (C=O) groups excluding carboxylic acids is 2. The van der Waals surface area contributed by atoms with Gasteiger partial charge in [0.2, 0.25) is 0 Å². The van der Waals surface area contributed by atoms with Crippen molar-refractivity contribution in [2.45, 2.75) is 13.8 Å². The SMILES string of the molecule is CCOc1ccc(N2C(=O)C(Nc3ccc(C)c(Cl)c3)=C(c3cccs3)C2=O)cc1. The maximum atomic E-state index is 13.3. The van der Waals surface area contributed by atoms with E-state index < -0.39 is 5.91 Å². The normalized spacial score (nSPS) is 13.9. The van der Waals surface area contributed by atoms with Crippen molar-refractivity contribution in [2.24, 2.45) is 0 Å². The third kappa shape index (κ3) is 3.72. The third-order valence-electron chi connectivity index (χ3n) is 4.70. The Bertz CT molecular complexity index is 1140. The van der Waals surface area contributed by atoms with E-state index in [9.17, 15) is 9.59 Å². The molecule has 1 aliphatic heterocycles. The Morgan fingerprint density at radius 3 is 2.47 bits per heavy atom. The van der Waals surface area contributed by atoms with Crippen molar-refractivity contribution >= 4 is 51.7 Å². The molecule has 0 radical (unpaired) electrons. The second-order valence-electron chi connectivity index (χ2n) is 6.69. The summed E-state index contributed by atoms with van der Waals surface area (Å²) in [6.45, 7) is 4.34. The highest BCUT2D eigenvalue weighted by Crippen LogP contribution is 2.36. The number of aryl methyl sites for hydroxylation is 1. The van der Waals surface area contributed by atoms with Gasteiger partial charge in [0, 0.05) is 15.6 Å². The number of benzene rings is 2. The molecule has 7 heteroatoms. The van der Waals surface area contributed by atoms with Gasteiger partial charge in [-0.1, -0.05) is 23.7 Å². The molecule has 152 valence electrons. The Balaban J connectivity index is 1.73. The lowest BCUT2D eigenvalue weighted by molar-refractivity contribution is -0.120. The van der Waals surface area contributed by atoms with Crippen LogP contribution in [0.4, 0.5) is 11.4 Å². The molecule has 1 aromatic heterocycles. The quantitative estimate of drug-likeness (QED) is 0.516. The maximum Gasteiger partial charge on any atom is 0.282 e. The Kier molecular flexibility index (Phi) is 5.61. The summed E-state index contributed by atoms with van der Waals surface area (Å²) in [7, 11) is 0. The van der Waals surface area contributed by atoms with Crippen molar-refractivity contribution in [1.29, 1.82) is 0 Å². The fourth-order valence-electron chi connectivity index (χ4n) is 3.20. The minimum absolute atomic E-state index is 0.233. The molecule has 1 N–H and O–H groups in total. The lowest BCUT2D eigenvalue weighted by Gasteiger charge is -2.16. The first-order valence-corrected chi connectivity index (χ1v) is 10.7. The standard InChI is InChI=1S/C23H19ClN2O3S/c1-3-29-17-10-8-16(9-11-17)26-22(27)20(19-5-4-12-30-19)21(23(26)28)25-15-7-6-14(2)18(24)13-15/h4-13,25H,3H2,1-2H3. The Hall–Kier alpha value is -3.09. The summed E-state index contributed by atoms with van der Waals surface area (Å²) in [5, 5.41) is 5.58. The van der Waals surface area contributed by atoms with E-state index in [2.05, 4.69) is 5.32 Å². The van der Waals surface area contributed by atoms with Crippen LogP contribution >= 0.6 is 22.9 Å². The van der Waals surface area contributed by atoms with Crippen molar-refractivity contribution in [2.75, 3.05) is 16.8 Å². The fraction of sp³-hybridized carbons (Fsp3) is 0.130. The molecule has 0 fully saturated rings. The van der Waals surface area contributed by atoms with Gasteiger partial charge in [-0.15, -0.1) is 11.3 Å². The highest BCUT2D eigenvalue weighted by Gasteiger charge is 2.40. The molecule has 2 amide bonds. The number of carbonyl (C=O) groups is 2. The first-order valence-electron chi connectivity index (χ1n) is 9.42. The van der Waals surface area contributed by atoms with Gasteiger partial charge in [0.1, 0.15) is 11.4 Å². The van der Waals surface area contributed by atoms with Crippen LogP contribution in [-0.2, 0) is 9.59 Å². The maximum absolute atomic E-state index is 13.3. The summed E-state index contributed by atoms with van der Waals surface area (Å²) in [5.74, 6) is -0.101. The van der Waals surface area contributed by atoms with Crippen LogP contribution in [-0.4, -0.2) is 18.4 Å². The largest absolute Gasteiger partial charge is 0.494 e. The minimum Gasteiger partial charge on any atom is -0.494 e. The lowest BCUT2D eigenvalue weighted by atomic mass is 10.1. The van der Waals surface area contributed by atoms with Gasteiger partial charge in [-0.25, -0.2) is 4.90 Å². The number of ether oxygens (including phenoxy) is 1. The average molecular weight is 439 g/mol. The molecular weight excluding hydrogens is 420 g/mol.